The molecule has 1 amide bonds. The molecule has 7 heteroatoms. The molecule has 1 N–H and O–H groups in total. The van der Waals surface area contributed by atoms with Crippen LogP contribution in [-0.2, 0) is 4.74 Å². The minimum absolute atomic E-state index is 0.178. The van der Waals surface area contributed by atoms with Gasteiger partial charge >= 0.3 is 0 Å². The third-order valence-corrected chi connectivity index (χ3v) is 4.22. The van der Waals surface area contributed by atoms with E-state index in [2.05, 4.69) is 34.0 Å². The molecule has 0 radical (unpaired) electrons. The fraction of sp³-hybridized carbons (Fsp3) is 0.421. The second kappa shape index (κ2) is 7.70. The van der Waals surface area contributed by atoms with Gasteiger partial charge in [-0.05, 0) is 38.1 Å². The van der Waals surface area contributed by atoms with Crippen molar-refractivity contribution in [2.75, 3.05) is 42.3 Å². The van der Waals surface area contributed by atoms with Gasteiger partial charge in [0.1, 0.15) is 11.6 Å². The molecule has 2 aromatic rings. The Morgan fingerprint density at radius 2 is 1.85 bits per heavy atom. The molecular weight excluding hydrogens is 330 g/mol. The van der Waals surface area contributed by atoms with Crippen LogP contribution in [0.3, 0.4) is 0 Å². The van der Waals surface area contributed by atoms with Crippen molar-refractivity contribution < 1.29 is 9.53 Å². The normalized spacial score (nSPS) is 19.9. The number of nitrogens with one attached hydrogen (secondary N) is 1. The Morgan fingerprint density at radius 1 is 1.12 bits per heavy atom. The average Bonchev–Trinajstić information content (AvgIpc) is 2.61. The number of hydrogen-bond donors (Lipinski definition) is 1. The van der Waals surface area contributed by atoms with Crippen molar-refractivity contribution in [3.05, 3.63) is 42.2 Å². The summed E-state index contributed by atoms with van der Waals surface area (Å²) in [6.45, 7) is 5.75. The summed E-state index contributed by atoms with van der Waals surface area (Å²) < 4.78 is 5.75. The lowest BCUT2D eigenvalue weighted by molar-refractivity contribution is -0.00545. The van der Waals surface area contributed by atoms with Crippen LogP contribution in [0.2, 0.25) is 0 Å². The van der Waals surface area contributed by atoms with Crippen LogP contribution in [0.1, 0.15) is 24.2 Å². The second-order valence-corrected chi connectivity index (χ2v) is 6.82. The molecule has 2 unspecified atom stereocenters. The SMILES string of the molecule is CC1CN(c2ccc(NC(=O)c3ccc(N(C)C)nc3)cn2)CC(C)O1. The van der Waals surface area contributed by atoms with Crippen LogP contribution in [0, 0.1) is 0 Å². The van der Waals surface area contributed by atoms with Gasteiger partial charge in [0.15, 0.2) is 0 Å². The molecule has 138 valence electrons. The molecule has 2 aromatic heterocycles. The highest BCUT2D eigenvalue weighted by molar-refractivity contribution is 6.04. The zero-order chi connectivity index (χ0) is 18.7. The van der Waals surface area contributed by atoms with E-state index in [1.807, 2.05) is 37.2 Å². The number of rotatable bonds is 4. The summed E-state index contributed by atoms with van der Waals surface area (Å²) in [5, 5.41) is 2.86. The molecule has 0 aromatic carbocycles. The first-order valence-corrected chi connectivity index (χ1v) is 8.73. The minimum atomic E-state index is -0.203. The molecule has 1 aliphatic rings. The molecule has 3 rings (SSSR count). The highest BCUT2D eigenvalue weighted by Crippen LogP contribution is 2.20. The Balaban J connectivity index is 1.64. The molecule has 3 heterocycles. The maximum Gasteiger partial charge on any atom is 0.257 e. The molecule has 7 nitrogen and oxygen atoms in total. The third kappa shape index (κ3) is 4.29. The number of pyridine rings is 2. The summed E-state index contributed by atoms with van der Waals surface area (Å²) in [7, 11) is 3.82. The number of carbonyl (C=O) groups excluding carboxylic acids is 1. The van der Waals surface area contributed by atoms with E-state index < -0.39 is 0 Å². The van der Waals surface area contributed by atoms with E-state index in [1.165, 1.54) is 0 Å². The summed E-state index contributed by atoms with van der Waals surface area (Å²) in [6, 6.07) is 7.37. The first-order chi connectivity index (χ1) is 12.4. The van der Waals surface area contributed by atoms with Crippen LogP contribution >= 0.6 is 0 Å². The fourth-order valence-corrected chi connectivity index (χ4v) is 3.00. The van der Waals surface area contributed by atoms with Crippen LogP contribution < -0.4 is 15.1 Å². The van der Waals surface area contributed by atoms with Crippen LogP contribution in [0.4, 0.5) is 17.3 Å². The third-order valence-electron chi connectivity index (χ3n) is 4.22. The maximum absolute atomic E-state index is 12.3. The van der Waals surface area contributed by atoms with Gasteiger partial charge in [-0.2, -0.15) is 0 Å². The lowest BCUT2D eigenvalue weighted by atomic mass is 10.2. The summed E-state index contributed by atoms with van der Waals surface area (Å²) in [5.41, 5.74) is 1.17. The van der Waals surface area contributed by atoms with Gasteiger partial charge < -0.3 is 19.9 Å². The van der Waals surface area contributed by atoms with Gasteiger partial charge in [-0.3, -0.25) is 4.79 Å². The Bertz CT molecular complexity index is 736. The lowest BCUT2D eigenvalue weighted by Gasteiger charge is -2.36. The summed E-state index contributed by atoms with van der Waals surface area (Å²) in [4.78, 5) is 25.2. The van der Waals surface area contributed by atoms with Crippen molar-refractivity contribution >= 4 is 23.2 Å². The zero-order valence-electron chi connectivity index (χ0n) is 15.6. The maximum atomic E-state index is 12.3. The summed E-state index contributed by atoms with van der Waals surface area (Å²) in [5.74, 6) is 1.49. The van der Waals surface area contributed by atoms with Gasteiger partial charge in [-0.15, -0.1) is 0 Å². The number of hydrogen-bond acceptors (Lipinski definition) is 6. The van der Waals surface area contributed by atoms with Crippen molar-refractivity contribution in [3.63, 3.8) is 0 Å². The van der Waals surface area contributed by atoms with Gasteiger partial charge in [-0.1, -0.05) is 0 Å². The Hall–Kier alpha value is -2.67. The highest BCUT2D eigenvalue weighted by Gasteiger charge is 2.23. The van der Waals surface area contributed by atoms with Gasteiger partial charge in [0.2, 0.25) is 0 Å². The molecule has 2 atom stereocenters. The van der Waals surface area contributed by atoms with Gasteiger partial charge in [0.05, 0.1) is 29.7 Å². The fourth-order valence-electron chi connectivity index (χ4n) is 3.00. The number of carbonyl (C=O) groups is 1. The van der Waals surface area contributed by atoms with Crippen molar-refractivity contribution in [3.8, 4) is 0 Å². The standard InChI is InChI=1S/C19H25N5O2/c1-13-11-24(12-14(2)26-13)18-8-6-16(10-21-18)22-19(25)15-5-7-17(20-9-15)23(3)4/h5-10,13-14H,11-12H2,1-4H3,(H,22,25). The largest absolute Gasteiger partial charge is 0.372 e. The Labute approximate surface area is 154 Å². The number of amides is 1. The molecule has 26 heavy (non-hydrogen) atoms. The van der Waals surface area contributed by atoms with Crippen molar-refractivity contribution in [2.45, 2.75) is 26.1 Å². The van der Waals surface area contributed by atoms with E-state index in [0.717, 1.165) is 24.7 Å². The van der Waals surface area contributed by atoms with E-state index >= 15 is 0 Å². The van der Waals surface area contributed by atoms with Crippen molar-refractivity contribution in [1.29, 1.82) is 0 Å². The molecule has 1 aliphatic heterocycles. The number of morpholine rings is 1. The molecular formula is C19H25N5O2. The zero-order valence-corrected chi connectivity index (χ0v) is 15.6. The number of ether oxygens (including phenoxy) is 1. The van der Waals surface area contributed by atoms with Gasteiger partial charge in [-0.25, -0.2) is 9.97 Å². The monoisotopic (exact) mass is 355 g/mol. The van der Waals surface area contributed by atoms with E-state index in [-0.39, 0.29) is 18.1 Å². The van der Waals surface area contributed by atoms with Crippen molar-refractivity contribution in [2.24, 2.45) is 0 Å². The molecule has 1 fully saturated rings. The Morgan fingerprint density at radius 3 is 2.38 bits per heavy atom. The minimum Gasteiger partial charge on any atom is -0.372 e. The predicted octanol–water partition coefficient (Wildman–Crippen LogP) is 2.41. The van der Waals surface area contributed by atoms with E-state index in [0.29, 0.717) is 11.3 Å². The first kappa shape index (κ1) is 18.1. The first-order valence-electron chi connectivity index (χ1n) is 8.73. The molecule has 0 spiro atoms. The van der Waals surface area contributed by atoms with Gasteiger partial charge in [0.25, 0.3) is 5.91 Å². The number of aromatic nitrogens is 2. The second-order valence-electron chi connectivity index (χ2n) is 6.82. The average molecular weight is 355 g/mol. The smallest absolute Gasteiger partial charge is 0.257 e. The van der Waals surface area contributed by atoms with Crippen LogP contribution in [0.5, 0.6) is 0 Å². The molecule has 1 saturated heterocycles. The predicted molar refractivity (Wildman–Crippen MR) is 103 cm³/mol. The van der Waals surface area contributed by atoms with E-state index in [1.54, 1.807) is 18.5 Å². The number of nitrogens with zero attached hydrogens (tertiary/aromatic N) is 4. The summed E-state index contributed by atoms with van der Waals surface area (Å²) >= 11 is 0. The van der Waals surface area contributed by atoms with Crippen LogP contribution in [0.25, 0.3) is 0 Å². The van der Waals surface area contributed by atoms with Crippen LogP contribution in [0.15, 0.2) is 36.7 Å². The van der Waals surface area contributed by atoms with E-state index in [4.69, 9.17) is 4.74 Å². The molecule has 0 aliphatic carbocycles. The van der Waals surface area contributed by atoms with Gasteiger partial charge in [0, 0.05) is 33.4 Å². The number of anilines is 3. The van der Waals surface area contributed by atoms with E-state index in [9.17, 15) is 4.79 Å². The molecule has 0 saturated carbocycles. The summed E-state index contributed by atoms with van der Waals surface area (Å²) in [6.07, 6.45) is 3.61. The quantitative estimate of drug-likeness (QED) is 0.908. The Kier molecular flexibility index (Phi) is 5.37. The highest BCUT2D eigenvalue weighted by atomic mass is 16.5. The lowest BCUT2D eigenvalue weighted by Crippen LogP contribution is -2.45. The topological polar surface area (TPSA) is 70.6 Å². The van der Waals surface area contributed by atoms with Crippen LogP contribution in [-0.4, -0.2) is 55.3 Å². The van der Waals surface area contributed by atoms with Crippen molar-refractivity contribution in [1.82, 2.24) is 9.97 Å². The molecule has 0 bridgehead atoms.